The van der Waals surface area contributed by atoms with E-state index in [0.717, 1.165) is 10.9 Å². The molecular formula is C10H8ClNO2. The predicted molar refractivity (Wildman–Crippen MR) is 56.0 cm³/mol. The first kappa shape index (κ1) is 9.09. The van der Waals surface area contributed by atoms with Crippen LogP contribution < -0.4 is 5.56 Å². The maximum absolute atomic E-state index is 11.1. The smallest absolute Gasteiger partial charge is 0.290 e. The van der Waals surface area contributed by atoms with E-state index in [0.29, 0.717) is 10.5 Å². The SMILES string of the molecule is Cc1c(Cl)ccc2[nH]c(=O)c(O)cc12. The van der Waals surface area contributed by atoms with E-state index in [9.17, 15) is 9.90 Å². The molecule has 1 aromatic carbocycles. The number of benzene rings is 1. The minimum absolute atomic E-state index is 0.289. The van der Waals surface area contributed by atoms with Crippen molar-refractivity contribution < 1.29 is 5.11 Å². The molecule has 14 heavy (non-hydrogen) atoms. The summed E-state index contributed by atoms with van der Waals surface area (Å²) in [5, 5.41) is 10.6. The Balaban J connectivity index is 2.97. The van der Waals surface area contributed by atoms with Crippen molar-refractivity contribution in [2.75, 3.05) is 0 Å². The Hall–Kier alpha value is -1.48. The molecule has 3 nitrogen and oxygen atoms in total. The van der Waals surface area contributed by atoms with Gasteiger partial charge in [0, 0.05) is 15.9 Å². The van der Waals surface area contributed by atoms with Gasteiger partial charge in [0.15, 0.2) is 5.75 Å². The lowest BCUT2D eigenvalue weighted by atomic mass is 10.1. The summed E-state index contributed by atoms with van der Waals surface area (Å²) >= 11 is 5.91. The van der Waals surface area contributed by atoms with Gasteiger partial charge in [0.05, 0.1) is 0 Å². The molecule has 0 radical (unpaired) electrons. The van der Waals surface area contributed by atoms with Crippen molar-refractivity contribution in [1.29, 1.82) is 0 Å². The summed E-state index contributed by atoms with van der Waals surface area (Å²) in [6, 6.07) is 4.85. The average Bonchev–Trinajstić information content (AvgIpc) is 2.15. The molecule has 1 heterocycles. The molecule has 0 unspecified atom stereocenters. The van der Waals surface area contributed by atoms with E-state index in [1.165, 1.54) is 6.07 Å². The van der Waals surface area contributed by atoms with Crippen molar-refractivity contribution in [3.63, 3.8) is 0 Å². The Labute approximate surface area is 85.0 Å². The van der Waals surface area contributed by atoms with Gasteiger partial charge in [-0.25, -0.2) is 0 Å². The van der Waals surface area contributed by atoms with E-state index in [-0.39, 0.29) is 5.75 Å². The van der Waals surface area contributed by atoms with Crippen LogP contribution in [0.1, 0.15) is 5.56 Å². The molecule has 1 aromatic heterocycles. The van der Waals surface area contributed by atoms with Crippen molar-refractivity contribution in [2.24, 2.45) is 0 Å². The first-order valence-electron chi connectivity index (χ1n) is 4.10. The molecule has 72 valence electrons. The molecule has 2 N–H and O–H groups in total. The summed E-state index contributed by atoms with van der Waals surface area (Å²) in [4.78, 5) is 13.7. The predicted octanol–water partition coefficient (Wildman–Crippen LogP) is 2.20. The third-order valence-corrected chi connectivity index (χ3v) is 2.62. The molecule has 0 atom stereocenters. The number of halogens is 1. The van der Waals surface area contributed by atoms with E-state index in [1.54, 1.807) is 12.1 Å². The van der Waals surface area contributed by atoms with Gasteiger partial charge in [0.2, 0.25) is 0 Å². The summed E-state index contributed by atoms with van der Waals surface area (Å²) in [6.07, 6.45) is 0. The van der Waals surface area contributed by atoms with E-state index in [2.05, 4.69) is 4.98 Å². The third kappa shape index (κ3) is 1.26. The Bertz CT molecular complexity index is 560. The van der Waals surface area contributed by atoms with Crippen molar-refractivity contribution in [1.82, 2.24) is 4.98 Å². The Kier molecular flexibility index (Phi) is 1.97. The van der Waals surface area contributed by atoms with Gasteiger partial charge < -0.3 is 10.1 Å². The average molecular weight is 210 g/mol. The summed E-state index contributed by atoms with van der Waals surface area (Å²) in [7, 11) is 0. The second-order valence-electron chi connectivity index (χ2n) is 3.12. The zero-order valence-electron chi connectivity index (χ0n) is 7.47. The number of aromatic amines is 1. The summed E-state index contributed by atoms with van der Waals surface area (Å²) in [5.41, 5.74) is 1.03. The number of hydrogen-bond donors (Lipinski definition) is 2. The van der Waals surface area contributed by atoms with Crippen LogP contribution in [0.4, 0.5) is 0 Å². The van der Waals surface area contributed by atoms with Gasteiger partial charge in [-0.2, -0.15) is 0 Å². The number of aromatic hydroxyl groups is 1. The Morgan fingerprint density at radius 2 is 2.14 bits per heavy atom. The van der Waals surface area contributed by atoms with Crippen LogP contribution in [0.5, 0.6) is 5.75 Å². The van der Waals surface area contributed by atoms with Gasteiger partial charge in [-0.05, 0) is 30.7 Å². The standard InChI is InChI=1S/C10H8ClNO2/c1-5-6-4-9(13)10(14)12-8(6)3-2-7(5)11/h2-4,13H,1H3,(H,12,14). The number of hydrogen-bond acceptors (Lipinski definition) is 2. The van der Waals surface area contributed by atoms with Gasteiger partial charge in [0.1, 0.15) is 0 Å². The van der Waals surface area contributed by atoms with Gasteiger partial charge in [-0.15, -0.1) is 0 Å². The number of aromatic nitrogens is 1. The highest BCUT2D eigenvalue weighted by Gasteiger charge is 2.05. The normalized spacial score (nSPS) is 10.7. The van der Waals surface area contributed by atoms with Gasteiger partial charge in [-0.1, -0.05) is 11.6 Å². The highest BCUT2D eigenvalue weighted by Crippen LogP contribution is 2.24. The van der Waals surface area contributed by atoms with Gasteiger partial charge in [0.25, 0.3) is 5.56 Å². The quantitative estimate of drug-likeness (QED) is 0.699. The molecule has 0 fully saturated rings. The molecule has 2 aromatic rings. The molecule has 0 aliphatic rings. The maximum Gasteiger partial charge on any atom is 0.290 e. The second kappa shape index (κ2) is 3.03. The van der Waals surface area contributed by atoms with Crippen LogP contribution in [0.2, 0.25) is 5.02 Å². The zero-order valence-corrected chi connectivity index (χ0v) is 8.22. The van der Waals surface area contributed by atoms with Crippen molar-refractivity contribution in [2.45, 2.75) is 6.92 Å². The lowest BCUT2D eigenvalue weighted by Crippen LogP contribution is -2.04. The van der Waals surface area contributed by atoms with Crippen molar-refractivity contribution >= 4 is 22.5 Å². The summed E-state index contributed by atoms with van der Waals surface area (Å²) in [5.74, 6) is -0.289. The number of aryl methyl sites for hydroxylation is 1. The first-order chi connectivity index (χ1) is 6.59. The van der Waals surface area contributed by atoms with Crippen LogP contribution in [0.15, 0.2) is 23.0 Å². The Morgan fingerprint density at radius 1 is 1.43 bits per heavy atom. The summed E-state index contributed by atoms with van der Waals surface area (Å²) in [6.45, 7) is 1.84. The van der Waals surface area contributed by atoms with Gasteiger partial charge >= 0.3 is 0 Å². The molecular weight excluding hydrogens is 202 g/mol. The van der Waals surface area contributed by atoms with E-state index in [1.807, 2.05) is 6.92 Å². The van der Waals surface area contributed by atoms with Crippen LogP contribution in [0.3, 0.4) is 0 Å². The molecule has 2 rings (SSSR count). The number of rotatable bonds is 0. The fraction of sp³-hybridized carbons (Fsp3) is 0.100. The minimum atomic E-state index is -0.487. The monoisotopic (exact) mass is 209 g/mol. The topological polar surface area (TPSA) is 53.1 Å². The van der Waals surface area contributed by atoms with Crippen LogP contribution in [-0.2, 0) is 0 Å². The highest BCUT2D eigenvalue weighted by atomic mass is 35.5. The Morgan fingerprint density at radius 3 is 2.86 bits per heavy atom. The fourth-order valence-electron chi connectivity index (χ4n) is 1.39. The maximum atomic E-state index is 11.1. The third-order valence-electron chi connectivity index (χ3n) is 2.21. The second-order valence-corrected chi connectivity index (χ2v) is 3.52. The molecule has 0 amide bonds. The fourth-order valence-corrected chi connectivity index (χ4v) is 1.55. The molecule has 0 aliphatic carbocycles. The molecule has 0 saturated carbocycles. The lowest BCUT2D eigenvalue weighted by Gasteiger charge is -2.03. The minimum Gasteiger partial charge on any atom is -0.503 e. The van der Waals surface area contributed by atoms with Crippen molar-refractivity contribution in [3.8, 4) is 5.75 Å². The number of pyridine rings is 1. The van der Waals surface area contributed by atoms with Crippen LogP contribution in [-0.4, -0.2) is 10.1 Å². The van der Waals surface area contributed by atoms with Crippen LogP contribution in [0, 0.1) is 6.92 Å². The lowest BCUT2D eigenvalue weighted by molar-refractivity contribution is 0.468. The highest BCUT2D eigenvalue weighted by molar-refractivity contribution is 6.32. The van der Waals surface area contributed by atoms with Crippen LogP contribution >= 0.6 is 11.6 Å². The van der Waals surface area contributed by atoms with E-state index < -0.39 is 5.56 Å². The number of fused-ring (bicyclic) bond motifs is 1. The van der Waals surface area contributed by atoms with E-state index >= 15 is 0 Å². The van der Waals surface area contributed by atoms with Crippen LogP contribution in [0.25, 0.3) is 10.9 Å². The van der Waals surface area contributed by atoms with Gasteiger partial charge in [-0.3, -0.25) is 4.79 Å². The molecule has 4 heteroatoms. The molecule has 0 saturated heterocycles. The first-order valence-corrected chi connectivity index (χ1v) is 4.48. The molecule has 0 aliphatic heterocycles. The zero-order chi connectivity index (χ0) is 10.3. The van der Waals surface area contributed by atoms with E-state index in [4.69, 9.17) is 11.6 Å². The number of nitrogens with one attached hydrogen (secondary N) is 1. The summed E-state index contributed by atoms with van der Waals surface area (Å²) < 4.78 is 0. The largest absolute Gasteiger partial charge is 0.503 e. The molecule has 0 bridgehead atoms. The number of H-pyrrole nitrogens is 1. The molecule has 0 spiro atoms. The van der Waals surface area contributed by atoms with Crippen molar-refractivity contribution in [3.05, 3.63) is 39.1 Å².